The number of aromatic nitrogens is 1. The number of halogens is 3. The number of hydrogen-bond acceptors (Lipinski definition) is 3. The van der Waals surface area contributed by atoms with Crippen LogP contribution >= 0.6 is 11.6 Å². The van der Waals surface area contributed by atoms with Crippen molar-refractivity contribution < 1.29 is 41.6 Å². The molecule has 4 aliphatic carbocycles. The van der Waals surface area contributed by atoms with Gasteiger partial charge in [-0.1, -0.05) is 124 Å². The Morgan fingerprint density at radius 1 is 0.481 bits per heavy atom. The number of nitrogens with zero attached hydrogens (tertiary/aromatic N) is 3. The molecule has 0 aliphatic heterocycles. The van der Waals surface area contributed by atoms with Gasteiger partial charge in [0.1, 0.15) is 0 Å². The molecule has 283 valence electrons. The molecule has 0 N–H and O–H groups in total. The summed E-state index contributed by atoms with van der Waals surface area (Å²) in [6, 6.07) is 13.7. The van der Waals surface area contributed by atoms with Crippen LogP contribution in [0.15, 0.2) is 46.4 Å². The fourth-order valence-electron chi connectivity index (χ4n) is 9.80. The Balaban J connectivity index is 0.00000202. The van der Waals surface area contributed by atoms with E-state index in [2.05, 4.69) is 38.1 Å². The molecule has 4 aliphatic rings. The second kappa shape index (κ2) is 20.8. The number of aryl methyl sites for hydroxylation is 2. The summed E-state index contributed by atoms with van der Waals surface area (Å²) < 4.78 is 0. The van der Waals surface area contributed by atoms with E-state index >= 15 is 0 Å². The van der Waals surface area contributed by atoms with Gasteiger partial charge in [-0.05, 0) is 123 Å². The number of benzene rings is 2. The van der Waals surface area contributed by atoms with E-state index in [0.717, 1.165) is 11.4 Å². The van der Waals surface area contributed by atoms with Gasteiger partial charge in [0.25, 0.3) is 0 Å². The van der Waals surface area contributed by atoms with Crippen LogP contribution in [0.25, 0.3) is 0 Å². The largest absolute Gasteiger partial charge is 2.00 e. The van der Waals surface area contributed by atoms with Crippen LogP contribution < -0.4 is 24.8 Å². The van der Waals surface area contributed by atoms with Crippen molar-refractivity contribution in [3.05, 3.63) is 86.2 Å². The van der Waals surface area contributed by atoms with Crippen LogP contribution in [0, 0.1) is 13.8 Å². The van der Waals surface area contributed by atoms with Gasteiger partial charge in [-0.3, -0.25) is 9.98 Å². The molecule has 0 saturated heterocycles. The zero-order chi connectivity index (χ0) is 33.6. The minimum absolute atomic E-state index is 0. The summed E-state index contributed by atoms with van der Waals surface area (Å²) >= 11 is 6.80. The third-order valence-electron chi connectivity index (χ3n) is 12.3. The smallest absolute Gasteiger partial charge is 1.00 e. The summed E-state index contributed by atoms with van der Waals surface area (Å²) in [6.45, 7) is 4.56. The maximum absolute atomic E-state index is 6.80. The van der Waals surface area contributed by atoms with Crippen LogP contribution in [0.4, 0.5) is 11.4 Å². The van der Waals surface area contributed by atoms with Crippen LogP contribution in [-0.2, 0) is 16.8 Å². The van der Waals surface area contributed by atoms with Crippen LogP contribution in [0.1, 0.15) is 197 Å². The minimum atomic E-state index is 0. The Hall–Kier alpha value is -1.69. The van der Waals surface area contributed by atoms with Gasteiger partial charge >= 0.3 is 16.8 Å². The second-order valence-electron chi connectivity index (χ2n) is 16.1. The van der Waals surface area contributed by atoms with E-state index in [4.69, 9.17) is 26.6 Å². The van der Waals surface area contributed by atoms with Crippen molar-refractivity contribution in [1.29, 1.82) is 0 Å². The topological polar surface area (TPSA) is 37.6 Å². The Bertz CT molecular complexity index is 1450. The van der Waals surface area contributed by atoms with E-state index in [9.17, 15) is 0 Å². The Morgan fingerprint density at radius 3 is 1.02 bits per heavy atom. The molecule has 0 atom stereocenters. The molecule has 4 saturated carbocycles. The molecular formula is C45H58Cl3CoN3. The van der Waals surface area contributed by atoms with Crippen molar-refractivity contribution in [2.75, 3.05) is 0 Å². The molecule has 1 radical (unpaired) electrons. The second-order valence-corrected chi connectivity index (χ2v) is 16.5. The van der Waals surface area contributed by atoms with Gasteiger partial charge in [-0.2, -0.15) is 0 Å². The van der Waals surface area contributed by atoms with E-state index in [-0.39, 0.29) is 41.6 Å². The summed E-state index contributed by atoms with van der Waals surface area (Å²) in [5.74, 6) is 2.41. The maximum Gasteiger partial charge on any atom is 2.00 e. The van der Waals surface area contributed by atoms with Gasteiger partial charge in [0.15, 0.2) is 0 Å². The molecule has 3 nitrogen and oxygen atoms in total. The monoisotopic (exact) mass is 804 g/mol. The zero-order valence-electron chi connectivity index (χ0n) is 31.4. The maximum atomic E-state index is 6.80. The van der Waals surface area contributed by atoms with Crippen molar-refractivity contribution in [2.24, 2.45) is 9.98 Å². The van der Waals surface area contributed by atoms with Crippen LogP contribution in [-0.4, -0.2) is 17.4 Å². The number of aliphatic imine (C=N–C) groups is 2. The summed E-state index contributed by atoms with van der Waals surface area (Å²) in [5.41, 5.74) is 12.7. The summed E-state index contributed by atoms with van der Waals surface area (Å²) in [6.07, 6.45) is 30.2. The zero-order valence-corrected chi connectivity index (χ0v) is 34.7. The predicted octanol–water partition coefficient (Wildman–Crippen LogP) is 8.05. The van der Waals surface area contributed by atoms with E-state index in [0.29, 0.717) is 28.7 Å². The third kappa shape index (κ3) is 10.7. The van der Waals surface area contributed by atoms with Gasteiger partial charge in [-0.25, -0.2) is 4.98 Å². The Morgan fingerprint density at radius 2 is 0.750 bits per heavy atom. The molecule has 0 bridgehead atoms. The summed E-state index contributed by atoms with van der Waals surface area (Å²) in [4.78, 5) is 15.8. The number of hydrogen-bond donors (Lipinski definition) is 0. The molecule has 3 aromatic rings. The standard InChI is InChI=1S/C45H58ClN3.2ClH.Co/c1-31-23-40(33-15-7-3-8-16-33)44(41(24-31)34-17-9-4-10-18-34)47-29-38-27-37(46)28-39(49-38)30-48-45-42(35-19-11-5-12-20-35)25-32(2)26-43(45)36-21-13-6-14-22-36;;;/h23-30,33-36H,3-22H2,1-2H3;2*1H;/q;;;+2/p-2. The van der Waals surface area contributed by atoms with Gasteiger partial charge in [0.05, 0.1) is 35.2 Å². The molecule has 2 aromatic carbocycles. The summed E-state index contributed by atoms with van der Waals surface area (Å²) in [7, 11) is 0. The first-order valence-electron chi connectivity index (χ1n) is 20.1. The van der Waals surface area contributed by atoms with Crippen molar-refractivity contribution in [1.82, 2.24) is 4.98 Å². The molecule has 0 amide bonds. The van der Waals surface area contributed by atoms with Crippen molar-refractivity contribution in [3.8, 4) is 0 Å². The van der Waals surface area contributed by atoms with Crippen LogP contribution in [0.5, 0.6) is 0 Å². The van der Waals surface area contributed by atoms with E-state index in [1.807, 2.05) is 24.6 Å². The average Bonchev–Trinajstić information content (AvgIpc) is 3.14. The van der Waals surface area contributed by atoms with Crippen molar-refractivity contribution in [3.63, 3.8) is 0 Å². The van der Waals surface area contributed by atoms with Gasteiger partial charge in [0.2, 0.25) is 0 Å². The van der Waals surface area contributed by atoms with E-state index < -0.39 is 0 Å². The van der Waals surface area contributed by atoms with Gasteiger partial charge in [-0.15, -0.1) is 0 Å². The number of pyridine rings is 1. The first-order valence-corrected chi connectivity index (χ1v) is 20.4. The van der Waals surface area contributed by atoms with Gasteiger partial charge < -0.3 is 24.8 Å². The quantitative estimate of drug-likeness (QED) is 0.213. The number of rotatable bonds is 8. The first kappa shape index (κ1) is 43.0. The SMILES string of the molecule is Cc1cc(C2CCCCC2)c(N=Cc2cc(Cl)cc(C=Nc3c(C4CCCCC4)cc(C)cc3C3CCCCC3)n2)c(C2CCCCC2)c1.[Cl-].[Cl-].[Co+2]. The summed E-state index contributed by atoms with van der Waals surface area (Å²) in [5, 5.41) is 0.686. The molecule has 0 spiro atoms. The third-order valence-corrected chi connectivity index (χ3v) is 12.5. The van der Waals surface area contributed by atoms with Crippen LogP contribution in [0.2, 0.25) is 5.02 Å². The molecule has 0 unspecified atom stereocenters. The van der Waals surface area contributed by atoms with Crippen molar-refractivity contribution in [2.45, 2.75) is 166 Å². The molecule has 1 aromatic heterocycles. The van der Waals surface area contributed by atoms with Crippen LogP contribution in [0.3, 0.4) is 0 Å². The fourth-order valence-corrected chi connectivity index (χ4v) is 10.0. The molecular weight excluding hydrogens is 748 g/mol. The Kier molecular flexibility index (Phi) is 17.2. The Labute approximate surface area is 342 Å². The molecule has 4 fully saturated rings. The average molecular weight is 806 g/mol. The van der Waals surface area contributed by atoms with Gasteiger partial charge in [0, 0.05) is 5.02 Å². The molecule has 1 heterocycles. The predicted molar refractivity (Wildman–Crippen MR) is 209 cm³/mol. The van der Waals surface area contributed by atoms with E-state index in [1.165, 1.54) is 173 Å². The normalized spacial score (nSPS) is 19.7. The van der Waals surface area contributed by atoms with E-state index in [1.54, 1.807) is 0 Å². The minimum Gasteiger partial charge on any atom is -1.00 e. The van der Waals surface area contributed by atoms with Crippen molar-refractivity contribution >= 4 is 35.4 Å². The molecule has 52 heavy (non-hydrogen) atoms. The molecule has 7 rings (SSSR count). The fraction of sp³-hybridized carbons (Fsp3) is 0.578. The molecule has 7 heteroatoms. The first-order chi connectivity index (χ1) is 24.0.